The molecule has 3 heterocycles. The molecule has 1 unspecified atom stereocenters. The zero-order chi connectivity index (χ0) is 18.4. The van der Waals surface area contributed by atoms with E-state index >= 15 is 0 Å². The van der Waals surface area contributed by atoms with Crippen LogP contribution >= 0.6 is 11.8 Å². The Labute approximate surface area is 158 Å². The summed E-state index contributed by atoms with van der Waals surface area (Å²) >= 11 is 1.66. The molecule has 0 N–H and O–H groups in total. The van der Waals surface area contributed by atoms with E-state index < -0.39 is 0 Å². The molecular formula is C21H20N4S. The number of nitriles is 1. The summed E-state index contributed by atoms with van der Waals surface area (Å²) in [4.78, 5) is 14.5. The van der Waals surface area contributed by atoms with Crippen LogP contribution in [0.2, 0.25) is 0 Å². The zero-order valence-electron chi connectivity index (χ0n) is 14.7. The number of hydrogen-bond donors (Lipinski definition) is 0. The standard InChI is InChI=1S/C21H20N4S/c1-3-5-17-10-20(19-8-7-16(11-22)12-24-14-19)26-21(17)25-15(2)18-6-4-9-23-13-18/h4-7,9-10,13-14,19H,2-3,8,12H2,1H3/b17-5-,25-21?. The first-order chi connectivity index (χ1) is 12.7. The fraction of sp³-hybridized carbons (Fsp3) is 0.238. The van der Waals surface area contributed by atoms with Gasteiger partial charge in [0.05, 0.1) is 18.3 Å². The topological polar surface area (TPSA) is 61.4 Å². The average molecular weight is 360 g/mol. The highest BCUT2D eigenvalue weighted by molar-refractivity contribution is 8.18. The lowest BCUT2D eigenvalue weighted by Crippen LogP contribution is -2.01. The Kier molecular flexibility index (Phi) is 5.98. The molecule has 0 radical (unpaired) electrons. The molecule has 1 aromatic rings. The Morgan fingerprint density at radius 1 is 1.54 bits per heavy atom. The molecule has 5 heteroatoms. The van der Waals surface area contributed by atoms with Crippen LogP contribution in [0.15, 0.2) is 75.4 Å². The number of pyridine rings is 1. The molecule has 0 bridgehead atoms. The van der Waals surface area contributed by atoms with Crippen LogP contribution in [0.5, 0.6) is 0 Å². The third-order valence-corrected chi connectivity index (χ3v) is 5.27. The van der Waals surface area contributed by atoms with Crippen LogP contribution in [0, 0.1) is 17.2 Å². The molecule has 4 nitrogen and oxygen atoms in total. The number of hydrogen-bond acceptors (Lipinski definition) is 5. The van der Waals surface area contributed by atoms with Gasteiger partial charge in [-0.25, -0.2) is 4.99 Å². The van der Waals surface area contributed by atoms with Gasteiger partial charge in [0.1, 0.15) is 5.04 Å². The summed E-state index contributed by atoms with van der Waals surface area (Å²) in [6, 6.07) is 6.05. The van der Waals surface area contributed by atoms with E-state index in [9.17, 15) is 0 Å². The third kappa shape index (κ3) is 4.27. The molecule has 26 heavy (non-hydrogen) atoms. The Bertz CT molecular complexity index is 882. The molecule has 1 atom stereocenters. The summed E-state index contributed by atoms with van der Waals surface area (Å²) in [7, 11) is 0. The highest BCUT2D eigenvalue weighted by Crippen LogP contribution is 2.39. The second-order valence-electron chi connectivity index (χ2n) is 5.99. The molecule has 0 amide bonds. The van der Waals surface area contributed by atoms with Crippen molar-refractivity contribution >= 4 is 28.7 Å². The van der Waals surface area contributed by atoms with Crippen molar-refractivity contribution in [2.75, 3.05) is 6.54 Å². The van der Waals surface area contributed by atoms with Gasteiger partial charge in [0.15, 0.2) is 0 Å². The number of aromatic nitrogens is 1. The summed E-state index contributed by atoms with van der Waals surface area (Å²) < 4.78 is 0. The molecule has 2 aliphatic rings. The first kappa shape index (κ1) is 18.1. The van der Waals surface area contributed by atoms with Gasteiger partial charge in [0, 0.05) is 46.1 Å². The lowest BCUT2D eigenvalue weighted by atomic mass is 10.0. The Morgan fingerprint density at radius 3 is 3.15 bits per heavy atom. The van der Waals surface area contributed by atoms with Crippen LogP contribution in [0.3, 0.4) is 0 Å². The van der Waals surface area contributed by atoms with Crippen LogP contribution < -0.4 is 0 Å². The summed E-state index contributed by atoms with van der Waals surface area (Å²) in [5.41, 5.74) is 3.48. The SMILES string of the molecule is C=C(N=C1SC(C2C=NCC(C#N)=CC2)=C/C1=C/CC)c1cccnc1. The van der Waals surface area contributed by atoms with Crippen LogP contribution in [-0.4, -0.2) is 22.8 Å². The molecule has 0 aliphatic carbocycles. The first-order valence-electron chi connectivity index (χ1n) is 8.58. The van der Waals surface area contributed by atoms with Crippen molar-refractivity contribution in [3.05, 3.63) is 70.9 Å². The molecule has 1 aromatic heterocycles. The van der Waals surface area contributed by atoms with Gasteiger partial charge in [-0.3, -0.25) is 9.98 Å². The molecule has 0 aromatic carbocycles. The van der Waals surface area contributed by atoms with Crippen LogP contribution in [0.1, 0.15) is 25.3 Å². The van der Waals surface area contributed by atoms with Crippen LogP contribution in [0.4, 0.5) is 0 Å². The maximum absolute atomic E-state index is 9.07. The van der Waals surface area contributed by atoms with Gasteiger partial charge >= 0.3 is 0 Å². The van der Waals surface area contributed by atoms with Crippen molar-refractivity contribution in [1.29, 1.82) is 5.26 Å². The van der Waals surface area contributed by atoms with Crippen molar-refractivity contribution in [1.82, 2.24) is 4.98 Å². The van der Waals surface area contributed by atoms with E-state index in [1.165, 1.54) is 4.91 Å². The van der Waals surface area contributed by atoms with Crippen molar-refractivity contribution < 1.29 is 0 Å². The van der Waals surface area contributed by atoms with E-state index in [-0.39, 0.29) is 5.92 Å². The zero-order valence-corrected chi connectivity index (χ0v) is 15.5. The van der Waals surface area contributed by atoms with E-state index in [2.05, 4.69) is 41.7 Å². The second-order valence-corrected chi connectivity index (χ2v) is 7.06. The van der Waals surface area contributed by atoms with Gasteiger partial charge in [-0.2, -0.15) is 5.26 Å². The van der Waals surface area contributed by atoms with E-state index in [4.69, 9.17) is 10.3 Å². The van der Waals surface area contributed by atoms with Crippen LogP contribution in [0.25, 0.3) is 5.70 Å². The maximum atomic E-state index is 9.07. The van der Waals surface area contributed by atoms with Gasteiger partial charge in [-0.15, -0.1) is 0 Å². The molecule has 130 valence electrons. The lowest BCUT2D eigenvalue weighted by molar-refractivity contribution is 0.890. The minimum Gasteiger partial charge on any atom is -0.291 e. The summed E-state index contributed by atoms with van der Waals surface area (Å²) in [5, 5.41) is 10.0. The number of rotatable bonds is 4. The Morgan fingerprint density at radius 2 is 2.42 bits per heavy atom. The fourth-order valence-electron chi connectivity index (χ4n) is 2.72. The predicted molar refractivity (Wildman–Crippen MR) is 110 cm³/mol. The summed E-state index contributed by atoms with van der Waals surface area (Å²) in [5.74, 6) is 0.186. The van der Waals surface area contributed by atoms with E-state index in [1.54, 1.807) is 24.2 Å². The Balaban J connectivity index is 1.83. The minimum atomic E-state index is 0.186. The number of thioether (sulfide) groups is 1. The largest absolute Gasteiger partial charge is 0.291 e. The first-order valence-corrected chi connectivity index (χ1v) is 9.40. The predicted octanol–water partition coefficient (Wildman–Crippen LogP) is 4.96. The van der Waals surface area contributed by atoms with E-state index in [1.807, 2.05) is 24.4 Å². The van der Waals surface area contributed by atoms with Crippen molar-refractivity contribution in [3.8, 4) is 6.07 Å². The molecule has 2 aliphatic heterocycles. The van der Waals surface area contributed by atoms with E-state index in [0.717, 1.165) is 34.6 Å². The number of nitrogens with zero attached hydrogens (tertiary/aromatic N) is 4. The summed E-state index contributed by atoms with van der Waals surface area (Å²) in [6.45, 7) is 6.68. The van der Waals surface area contributed by atoms with Gasteiger partial charge in [-0.1, -0.05) is 37.4 Å². The van der Waals surface area contributed by atoms with Gasteiger partial charge in [-0.05, 0) is 31.1 Å². The molecular weight excluding hydrogens is 340 g/mol. The molecule has 3 rings (SSSR count). The lowest BCUT2D eigenvalue weighted by Gasteiger charge is -2.09. The molecule has 0 fully saturated rings. The fourth-order valence-corrected chi connectivity index (χ4v) is 3.85. The quantitative estimate of drug-likeness (QED) is 0.762. The van der Waals surface area contributed by atoms with Gasteiger partial charge in [0.2, 0.25) is 0 Å². The highest BCUT2D eigenvalue weighted by Gasteiger charge is 2.24. The normalized spacial score (nSPS) is 22.7. The second kappa shape index (κ2) is 8.59. The van der Waals surface area contributed by atoms with Crippen molar-refractivity contribution in [3.63, 3.8) is 0 Å². The number of aliphatic imine (C=N–C) groups is 2. The minimum absolute atomic E-state index is 0.186. The molecule has 0 spiro atoms. The molecule has 0 saturated carbocycles. The smallest absolute Gasteiger partial charge is 0.108 e. The van der Waals surface area contributed by atoms with Crippen LogP contribution in [-0.2, 0) is 0 Å². The highest BCUT2D eigenvalue weighted by atomic mass is 32.2. The third-order valence-electron chi connectivity index (χ3n) is 4.09. The maximum Gasteiger partial charge on any atom is 0.108 e. The molecule has 0 saturated heterocycles. The van der Waals surface area contributed by atoms with Gasteiger partial charge in [0.25, 0.3) is 0 Å². The van der Waals surface area contributed by atoms with Crippen molar-refractivity contribution in [2.45, 2.75) is 19.8 Å². The number of allylic oxidation sites excluding steroid dienone is 4. The van der Waals surface area contributed by atoms with E-state index in [0.29, 0.717) is 12.2 Å². The summed E-state index contributed by atoms with van der Waals surface area (Å²) in [6.07, 6.45) is 13.6. The van der Waals surface area contributed by atoms with Gasteiger partial charge < -0.3 is 0 Å². The monoisotopic (exact) mass is 360 g/mol. The Hall–Kier alpha value is -2.71. The van der Waals surface area contributed by atoms with Crippen molar-refractivity contribution in [2.24, 2.45) is 15.9 Å². The average Bonchev–Trinajstić information content (AvgIpc) is 2.91.